The number of nitrogens with zero attached hydrogens (tertiary/aromatic N) is 10. The number of amides is 1. The van der Waals surface area contributed by atoms with Gasteiger partial charge in [-0.15, -0.1) is 24.0 Å². The van der Waals surface area contributed by atoms with Crippen LogP contribution in [0.25, 0.3) is 44.4 Å². The Bertz CT molecular complexity index is 4140. The molecule has 0 saturated heterocycles. The van der Waals surface area contributed by atoms with Crippen LogP contribution in [0.5, 0.6) is 0 Å². The molecule has 5 N–H and O–H groups in total. The molecule has 0 atom stereocenters. The summed E-state index contributed by atoms with van der Waals surface area (Å²) in [6.45, 7) is 0.941. The second kappa shape index (κ2) is 33.3. The number of rotatable bonds is 12. The summed E-state index contributed by atoms with van der Waals surface area (Å²) in [6, 6.07) is 68.6. The van der Waals surface area contributed by atoms with Crippen molar-refractivity contribution in [2.24, 2.45) is 0 Å². The summed E-state index contributed by atoms with van der Waals surface area (Å²) in [7, 11) is 1.37. The molecule has 0 saturated carbocycles. The highest BCUT2D eigenvalue weighted by atomic mass is 127. The van der Waals surface area contributed by atoms with E-state index in [0.717, 1.165) is 60.4 Å². The Morgan fingerprint density at radius 3 is 1.29 bits per heavy atom. The van der Waals surface area contributed by atoms with Crippen molar-refractivity contribution in [2.75, 3.05) is 28.0 Å². The third-order valence-electron chi connectivity index (χ3n) is 12.4. The van der Waals surface area contributed by atoms with Crippen LogP contribution in [0, 0.1) is 0 Å². The number of benzene rings is 6. The topological polar surface area (TPSA) is 276 Å². The van der Waals surface area contributed by atoms with Crippen LogP contribution in [-0.4, -0.2) is 64.1 Å². The van der Waals surface area contributed by atoms with Crippen LogP contribution in [-0.2, 0) is 17.8 Å². The lowest BCUT2D eigenvalue weighted by molar-refractivity contribution is 0.0600. The molecule has 14 rings (SSSR count). The zero-order chi connectivity index (χ0) is 60.2. The van der Waals surface area contributed by atoms with Crippen molar-refractivity contribution < 1.29 is 37.2 Å². The highest BCUT2D eigenvalue weighted by Crippen LogP contribution is 2.31. The molecular formula is C67H61BrIN13O8. The highest BCUT2D eigenvalue weighted by molar-refractivity contribution is 14.0. The molecule has 0 spiro atoms. The van der Waals surface area contributed by atoms with Crippen LogP contribution in [0.3, 0.4) is 0 Å². The van der Waals surface area contributed by atoms with Gasteiger partial charge in [0.2, 0.25) is 0 Å². The third-order valence-corrected chi connectivity index (χ3v) is 12.9. The van der Waals surface area contributed by atoms with Gasteiger partial charge in [0.25, 0.3) is 11.9 Å². The smallest absolute Gasteiger partial charge is 0.337 e. The monoisotopic (exact) mass is 1380 g/mol. The number of halogens is 2. The first-order valence-electron chi connectivity index (χ1n) is 26.7. The summed E-state index contributed by atoms with van der Waals surface area (Å²) in [6.07, 6.45) is 6.89. The van der Waals surface area contributed by atoms with Crippen LogP contribution >= 0.6 is 39.9 Å². The number of nitrogens with one attached hydrogen (secondary N) is 2. The molecule has 23 heteroatoms. The van der Waals surface area contributed by atoms with Crippen molar-refractivity contribution in [3.05, 3.63) is 270 Å². The average Bonchev–Trinajstić information content (AvgIpc) is 2.92. The van der Waals surface area contributed by atoms with Gasteiger partial charge in [-0.05, 0) is 148 Å². The number of nitrogens with two attached hydrogens (primary N) is 1. The van der Waals surface area contributed by atoms with Crippen molar-refractivity contribution in [3.8, 4) is 0 Å². The zero-order valence-corrected chi connectivity index (χ0v) is 50.6. The number of anilines is 7. The van der Waals surface area contributed by atoms with Gasteiger partial charge in [0.05, 0.1) is 25.8 Å². The molecule has 0 bridgehead atoms. The van der Waals surface area contributed by atoms with E-state index in [1.54, 1.807) is 54.5 Å². The molecule has 0 fully saturated rings. The van der Waals surface area contributed by atoms with Gasteiger partial charge >= 0.3 is 24.0 Å². The van der Waals surface area contributed by atoms with E-state index in [1.807, 2.05) is 204 Å². The maximum Gasteiger partial charge on any atom is 0.337 e. The normalized spacial score (nSPS) is 10.1. The minimum Gasteiger partial charge on any atom is -0.465 e. The Morgan fingerprint density at radius 1 is 0.489 bits per heavy atom. The van der Waals surface area contributed by atoms with Crippen molar-refractivity contribution in [3.63, 3.8) is 0 Å². The van der Waals surface area contributed by atoms with Gasteiger partial charge in [0, 0.05) is 30.4 Å². The second-order valence-electron chi connectivity index (χ2n) is 18.3. The fourth-order valence-electron chi connectivity index (χ4n) is 8.23. The molecule has 1 amide bonds. The maximum absolute atomic E-state index is 11.6. The van der Waals surface area contributed by atoms with Gasteiger partial charge in [0.1, 0.15) is 44.1 Å². The van der Waals surface area contributed by atoms with Crippen molar-refractivity contribution in [1.29, 1.82) is 0 Å². The maximum atomic E-state index is 11.6. The molecule has 6 aromatic carbocycles. The number of carbonyl (C=O) groups is 2. The second-order valence-corrected chi connectivity index (χ2v) is 19.1. The largest absolute Gasteiger partial charge is 0.465 e. The lowest BCUT2D eigenvalue weighted by atomic mass is 10.1. The van der Waals surface area contributed by atoms with Crippen LogP contribution in [0.4, 0.5) is 41.5 Å². The van der Waals surface area contributed by atoms with Crippen molar-refractivity contribution in [1.82, 2.24) is 45.4 Å². The summed E-state index contributed by atoms with van der Waals surface area (Å²) < 4.78 is 28.0. The number of methoxy groups -OCH3 is 1. The number of nitrogen functional groups attached to an aromatic ring is 1. The molecule has 21 nitrogen and oxygen atoms in total. The Kier molecular flexibility index (Phi) is 24.6. The standard InChI is InChI=1S/C21H17N3O3.C20H16N4O3.C12H9N3O.C7H6N2O.C5H4BrN.2CH4.HI/c1-26-20(25)16-11-9-15(10-12-16)14-24(19-8-4-5-13-22-19)21-23-17-6-2-3-7-18(17)27-21;25-19(23-26)15-10-8-14(9-11-15)13-24(18-7-3-4-12-21-18)20-22-16-5-1-2-6-17(16)27-20;1-2-6-10-9(5-1)14-12(16-10)15-11-7-3-4-8-13-11;8-7-9-5-3-1-2-4-6(5)10-7;6-5-3-1-2-4-7-5;;;/h2-13H,14H2,1H3;1-12,26H,13H2,(H,23,25);1-8H,(H,13,14,15);1-4H,(H2,8,9);1-4H;2*1H4;1H. The van der Waals surface area contributed by atoms with E-state index in [2.05, 4.69) is 61.1 Å². The molecule has 0 aliphatic carbocycles. The zero-order valence-electron chi connectivity index (χ0n) is 46.6. The van der Waals surface area contributed by atoms with E-state index < -0.39 is 5.91 Å². The van der Waals surface area contributed by atoms with Gasteiger partial charge in [-0.3, -0.25) is 25.1 Å². The molecule has 8 heterocycles. The number of hydrogen-bond acceptors (Lipinski definition) is 20. The molecule has 14 aromatic rings. The van der Waals surface area contributed by atoms with Gasteiger partial charge in [-0.2, -0.15) is 19.9 Å². The summed E-state index contributed by atoms with van der Waals surface area (Å²) in [5.41, 5.74) is 15.8. The number of oxazole rings is 4. The highest BCUT2D eigenvalue weighted by Gasteiger charge is 2.20. The predicted octanol–water partition coefficient (Wildman–Crippen LogP) is 16.1. The van der Waals surface area contributed by atoms with Crippen molar-refractivity contribution >= 4 is 138 Å². The van der Waals surface area contributed by atoms with Crippen molar-refractivity contribution in [2.45, 2.75) is 27.9 Å². The van der Waals surface area contributed by atoms with E-state index in [1.165, 1.54) is 7.11 Å². The molecule has 456 valence electrons. The van der Waals surface area contributed by atoms with Gasteiger partial charge in [0.15, 0.2) is 22.3 Å². The van der Waals surface area contributed by atoms with Crippen LogP contribution in [0.15, 0.2) is 265 Å². The third kappa shape index (κ3) is 18.1. The summed E-state index contributed by atoms with van der Waals surface area (Å²) in [4.78, 5) is 61.1. The lowest BCUT2D eigenvalue weighted by Gasteiger charge is -2.19. The quantitative estimate of drug-likeness (QED) is 0.0291. The molecule has 0 radical (unpaired) electrons. The summed E-state index contributed by atoms with van der Waals surface area (Å²) in [5.74, 6) is 1.22. The van der Waals surface area contributed by atoms with Gasteiger partial charge < -0.3 is 28.1 Å². The first-order valence-corrected chi connectivity index (χ1v) is 27.5. The van der Waals surface area contributed by atoms with Crippen LogP contribution < -0.4 is 26.3 Å². The first-order chi connectivity index (χ1) is 42.7. The number of aromatic nitrogens is 8. The number of ether oxygens (including phenoxy) is 1. The molecular weight excluding hydrogens is 1320 g/mol. The van der Waals surface area contributed by atoms with Gasteiger partial charge in [-0.1, -0.05) is 112 Å². The fourth-order valence-corrected chi connectivity index (χ4v) is 8.50. The molecule has 0 aliphatic heterocycles. The molecule has 0 unspecified atom stereocenters. The van der Waals surface area contributed by atoms with E-state index >= 15 is 0 Å². The Morgan fingerprint density at radius 2 is 0.900 bits per heavy atom. The molecule has 0 aliphatic rings. The summed E-state index contributed by atoms with van der Waals surface area (Å²) in [5, 5.41) is 11.7. The summed E-state index contributed by atoms with van der Waals surface area (Å²) >= 11 is 3.20. The number of hydroxylamine groups is 1. The minimum atomic E-state index is -0.554. The van der Waals surface area contributed by atoms with Crippen LogP contribution in [0.1, 0.15) is 46.7 Å². The Hall–Kier alpha value is -10.9. The SMILES string of the molecule is Brc1ccccn1.C.C.COC(=O)c1ccc(CN(c2ccccn2)c2nc3ccccc3o2)cc1.I.Nc1nc2ccccc2o1.O=C(NO)c1ccc(CN(c2ccccn2)c2nc3ccccc3o2)cc1.c1ccc(Nc2nc3ccccc3o2)nc1. The average molecular weight is 1380 g/mol. The van der Waals surface area contributed by atoms with Gasteiger partial charge in [-0.25, -0.2) is 30.2 Å². The van der Waals surface area contributed by atoms with Crippen LogP contribution in [0.2, 0.25) is 0 Å². The number of fused-ring (bicyclic) bond motifs is 4. The number of esters is 1. The number of pyridine rings is 4. The first kappa shape index (κ1) is 66.6. The number of carbonyl (C=O) groups excluding carboxylic acids is 2. The lowest BCUT2D eigenvalue weighted by Crippen LogP contribution is -2.19. The molecule has 90 heavy (non-hydrogen) atoms. The van der Waals surface area contributed by atoms with E-state index in [4.69, 9.17) is 33.3 Å². The van der Waals surface area contributed by atoms with E-state index in [-0.39, 0.29) is 50.8 Å². The van der Waals surface area contributed by atoms with E-state index in [0.29, 0.717) is 59.5 Å². The predicted molar refractivity (Wildman–Crippen MR) is 362 cm³/mol. The Labute approximate surface area is 542 Å². The number of para-hydroxylation sites is 8. The van der Waals surface area contributed by atoms with E-state index in [9.17, 15) is 9.59 Å². The number of hydrogen-bond donors (Lipinski definition) is 4. The minimum absolute atomic E-state index is 0. The Balaban J connectivity index is 0.000000170. The fraction of sp³-hybridized carbons (Fsp3) is 0.0746. The molecule has 8 aromatic heterocycles.